The molecule has 2 heteroatoms. The van der Waals surface area contributed by atoms with Crippen molar-refractivity contribution in [2.24, 2.45) is 5.92 Å². The first-order valence-corrected chi connectivity index (χ1v) is 5.37. The molecule has 0 bridgehead atoms. The number of alkyl halides is 2. The first kappa shape index (κ1) is 12.2. The van der Waals surface area contributed by atoms with Crippen molar-refractivity contribution in [3.63, 3.8) is 0 Å². The SMILES string of the molecule is CC(C)CCc1cccc(C(C)(F)F)c1. The fraction of sp³-hybridized carbons (Fsp3) is 0.538. The maximum absolute atomic E-state index is 13.0. The Labute approximate surface area is 90.3 Å². The van der Waals surface area contributed by atoms with Crippen molar-refractivity contribution in [2.75, 3.05) is 0 Å². The van der Waals surface area contributed by atoms with Gasteiger partial charge in [0, 0.05) is 12.5 Å². The molecule has 1 rings (SSSR count). The lowest BCUT2D eigenvalue weighted by atomic mass is 9.99. The molecule has 0 unspecified atom stereocenters. The summed E-state index contributed by atoms with van der Waals surface area (Å²) in [6.07, 6.45) is 1.92. The predicted molar refractivity (Wildman–Crippen MR) is 59.2 cm³/mol. The molecule has 0 spiro atoms. The molecule has 0 heterocycles. The molecule has 0 aromatic heterocycles. The van der Waals surface area contributed by atoms with Gasteiger partial charge >= 0.3 is 0 Å². The van der Waals surface area contributed by atoms with Gasteiger partial charge in [-0.1, -0.05) is 32.0 Å². The monoisotopic (exact) mass is 212 g/mol. The molecule has 0 radical (unpaired) electrons. The normalized spacial score (nSPS) is 12.1. The number of hydrogen-bond acceptors (Lipinski definition) is 0. The van der Waals surface area contributed by atoms with Gasteiger partial charge < -0.3 is 0 Å². The third kappa shape index (κ3) is 3.98. The Balaban J connectivity index is 2.75. The molecule has 0 saturated heterocycles. The minimum Gasteiger partial charge on any atom is -0.202 e. The van der Waals surface area contributed by atoms with Crippen LogP contribution in [0, 0.1) is 5.92 Å². The topological polar surface area (TPSA) is 0 Å². The molecule has 0 atom stereocenters. The number of hydrogen-bond donors (Lipinski definition) is 0. The molecule has 0 fully saturated rings. The summed E-state index contributed by atoms with van der Waals surface area (Å²) >= 11 is 0. The lowest BCUT2D eigenvalue weighted by molar-refractivity contribution is 0.0174. The van der Waals surface area contributed by atoms with E-state index in [-0.39, 0.29) is 5.56 Å². The van der Waals surface area contributed by atoms with E-state index in [1.54, 1.807) is 12.1 Å². The molecule has 84 valence electrons. The molecule has 1 aromatic rings. The van der Waals surface area contributed by atoms with Crippen molar-refractivity contribution < 1.29 is 8.78 Å². The van der Waals surface area contributed by atoms with Gasteiger partial charge in [0.15, 0.2) is 0 Å². The first-order chi connectivity index (χ1) is 6.89. The molecule has 1 aromatic carbocycles. The molecular formula is C13H18F2. The highest BCUT2D eigenvalue weighted by molar-refractivity contribution is 5.26. The maximum atomic E-state index is 13.0. The number of benzene rings is 1. The number of aryl methyl sites for hydroxylation is 1. The number of rotatable bonds is 4. The second-order valence-corrected chi connectivity index (χ2v) is 4.52. The van der Waals surface area contributed by atoms with E-state index >= 15 is 0 Å². The number of halogens is 2. The Morgan fingerprint density at radius 2 is 1.93 bits per heavy atom. The highest BCUT2D eigenvalue weighted by Gasteiger charge is 2.23. The molecule has 15 heavy (non-hydrogen) atoms. The second-order valence-electron chi connectivity index (χ2n) is 4.52. The second kappa shape index (κ2) is 4.73. The van der Waals surface area contributed by atoms with Crippen LogP contribution in [0.4, 0.5) is 8.78 Å². The average molecular weight is 212 g/mol. The summed E-state index contributed by atoms with van der Waals surface area (Å²) in [5, 5.41) is 0. The van der Waals surface area contributed by atoms with Gasteiger partial charge in [-0.25, -0.2) is 8.78 Å². The maximum Gasteiger partial charge on any atom is 0.270 e. The highest BCUT2D eigenvalue weighted by Crippen LogP contribution is 2.27. The lowest BCUT2D eigenvalue weighted by Gasteiger charge is -2.12. The Hall–Kier alpha value is -0.920. The zero-order valence-electron chi connectivity index (χ0n) is 9.56. The minimum absolute atomic E-state index is 0.115. The summed E-state index contributed by atoms with van der Waals surface area (Å²) in [7, 11) is 0. The molecule has 0 aliphatic carbocycles. The van der Waals surface area contributed by atoms with Crippen LogP contribution in [0.15, 0.2) is 24.3 Å². The van der Waals surface area contributed by atoms with Crippen LogP contribution in [0.25, 0.3) is 0 Å². The Morgan fingerprint density at radius 3 is 2.47 bits per heavy atom. The van der Waals surface area contributed by atoms with Crippen molar-refractivity contribution in [1.29, 1.82) is 0 Å². The van der Waals surface area contributed by atoms with E-state index in [0.717, 1.165) is 25.3 Å². The van der Waals surface area contributed by atoms with Crippen molar-refractivity contribution in [2.45, 2.75) is 39.5 Å². The summed E-state index contributed by atoms with van der Waals surface area (Å²) in [5.74, 6) is -2.12. The molecule has 0 saturated carbocycles. The Bertz CT molecular complexity index is 311. The van der Waals surface area contributed by atoms with E-state index in [4.69, 9.17) is 0 Å². The zero-order valence-corrected chi connectivity index (χ0v) is 9.56. The standard InChI is InChI=1S/C13H18F2/c1-10(2)7-8-11-5-4-6-12(9-11)13(3,14)15/h4-6,9-10H,7-8H2,1-3H3. The zero-order chi connectivity index (χ0) is 11.5. The molecule has 0 amide bonds. The molecule has 0 aliphatic rings. The third-order valence-corrected chi connectivity index (χ3v) is 2.44. The van der Waals surface area contributed by atoms with Crippen molar-refractivity contribution >= 4 is 0 Å². The summed E-state index contributed by atoms with van der Waals surface area (Å²) in [4.78, 5) is 0. The summed E-state index contributed by atoms with van der Waals surface area (Å²) in [5.41, 5.74) is 1.12. The van der Waals surface area contributed by atoms with Crippen LogP contribution in [-0.4, -0.2) is 0 Å². The van der Waals surface area contributed by atoms with Crippen molar-refractivity contribution in [3.05, 3.63) is 35.4 Å². The first-order valence-electron chi connectivity index (χ1n) is 5.37. The van der Waals surface area contributed by atoms with Gasteiger partial charge in [0.1, 0.15) is 0 Å². The van der Waals surface area contributed by atoms with E-state index < -0.39 is 5.92 Å². The van der Waals surface area contributed by atoms with Crippen LogP contribution < -0.4 is 0 Å². The fourth-order valence-electron chi connectivity index (χ4n) is 1.46. The smallest absolute Gasteiger partial charge is 0.202 e. The highest BCUT2D eigenvalue weighted by atomic mass is 19.3. The van der Waals surface area contributed by atoms with E-state index in [1.165, 1.54) is 6.07 Å². The van der Waals surface area contributed by atoms with Crippen LogP contribution in [0.2, 0.25) is 0 Å². The van der Waals surface area contributed by atoms with Crippen molar-refractivity contribution in [1.82, 2.24) is 0 Å². The van der Waals surface area contributed by atoms with Crippen molar-refractivity contribution in [3.8, 4) is 0 Å². The third-order valence-electron chi connectivity index (χ3n) is 2.44. The van der Waals surface area contributed by atoms with Gasteiger partial charge in [0.05, 0.1) is 0 Å². The molecular weight excluding hydrogens is 194 g/mol. The summed E-state index contributed by atoms with van der Waals surface area (Å²) in [6, 6.07) is 6.72. The van der Waals surface area contributed by atoms with Gasteiger partial charge in [-0.3, -0.25) is 0 Å². The van der Waals surface area contributed by atoms with E-state index in [9.17, 15) is 8.78 Å². The molecule has 0 nitrogen and oxygen atoms in total. The Kier molecular flexibility index (Phi) is 3.83. The van der Waals surface area contributed by atoms with Gasteiger partial charge in [-0.2, -0.15) is 0 Å². The van der Waals surface area contributed by atoms with Gasteiger partial charge in [-0.05, 0) is 30.4 Å². The predicted octanol–water partition coefficient (Wildman–Crippen LogP) is 4.39. The molecule has 0 aliphatic heterocycles. The Morgan fingerprint density at radius 1 is 1.27 bits per heavy atom. The fourth-order valence-corrected chi connectivity index (χ4v) is 1.46. The van der Waals surface area contributed by atoms with Gasteiger partial charge in [-0.15, -0.1) is 0 Å². The van der Waals surface area contributed by atoms with E-state index in [1.807, 2.05) is 6.07 Å². The van der Waals surface area contributed by atoms with Gasteiger partial charge in [0.2, 0.25) is 0 Å². The van der Waals surface area contributed by atoms with Crippen LogP contribution in [-0.2, 0) is 12.3 Å². The summed E-state index contributed by atoms with van der Waals surface area (Å²) < 4.78 is 26.1. The van der Waals surface area contributed by atoms with Crippen LogP contribution in [0.5, 0.6) is 0 Å². The quantitative estimate of drug-likeness (QED) is 0.694. The lowest BCUT2D eigenvalue weighted by Crippen LogP contribution is -2.07. The largest absolute Gasteiger partial charge is 0.270 e. The van der Waals surface area contributed by atoms with Crippen LogP contribution in [0.1, 0.15) is 38.3 Å². The minimum atomic E-state index is -2.73. The van der Waals surface area contributed by atoms with Crippen LogP contribution in [0.3, 0.4) is 0 Å². The molecule has 0 N–H and O–H groups in total. The average Bonchev–Trinajstić information content (AvgIpc) is 2.14. The van der Waals surface area contributed by atoms with Crippen LogP contribution >= 0.6 is 0 Å². The van der Waals surface area contributed by atoms with E-state index in [0.29, 0.717) is 5.92 Å². The summed E-state index contributed by atoms with van der Waals surface area (Å²) in [6.45, 7) is 5.21. The van der Waals surface area contributed by atoms with Gasteiger partial charge in [0.25, 0.3) is 5.92 Å². The van der Waals surface area contributed by atoms with E-state index in [2.05, 4.69) is 13.8 Å².